The third-order valence-electron chi connectivity index (χ3n) is 3.74. The monoisotopic (exact) mass is 344 g/mol. The van der Waals surface area contributed by atoms with E-state index in [9.17, 15) is 9.59 Å². The van der Waals surface area contributed by atoms with Gasteiger partial charge in [0, 0.05) is 11.6 Å². The molecule has 2 aromatic rings. The van der Waals surface area contributed by atoms with Crippen molar-refractivity contribution >= 4 is 29.2 Å². The summed E-state index contributed by atoms with van der Waals surface area (Å²) in [6, 6.07) is 12.9. The van der Waals surface area contributed by atoms with Gasteiger partial charge in [0.2, 0.25) is 5.91 Å². The molecular formula is C18H17ClN2O3. The number of carbonyl (C=O) groups is 2. The van der Waals surface area contributed by atoms with Crippen LogP contribution in [0.25, 0.3) is 0 Å². The second kappa shape index (κ2) is 6.93. The van der Waals surface area contributed by atoms with Crippen LogP contribution in [0, 0.1) is 6.92 Å². The molecule has 1 aliphatic rings. The summed E-state index contributed by atoms with van der Waals surface area (Å²) in [5.74, 6) is -0.0264. The van der Waals surface area contributed by atoms with Crippen molar-refractivity contribution in [1.82, 2.24) is 5.32 Å². The van der Waals surface area contributed by atoms with Gasteiger partial charge in [0.1, 0.15) is 6.54 Å². The lowest BCUT2D eigenvalue weighted by molar-refractivity contribution is -0.133. The number of ether oxygens (including phenoxy) is 1. The van der Waals surface area contributed by atoms with Crippen LogP contribution in [0.3, 0.4) is 0 Å². The minimum atomic E-state index is -0.362. The van der Waals surface area contributed by atoms with Crippen molar-refractivity contribution in [2.24, 2.45) is 0 Å². The van der Waals surface area contributed by atoms with Crippen LogP contribution in [-0.2, 0) is 16.1 Å². The van der Waals surface area contributed by atoms with E-state index < -0.39 is 0 Å². The molecule has 2 aromatic carbocycles. The molecule has 0 unspecified atom stereocenters. The van der Waals surface area contributed by atoms with Crippen molar-refractivity contribution in [3.63, 3.8) is 0 Å². The molecule has 5 nitrogen and oxygen atoms in total. The van der Waals surface area contributed by atoms with Crippen LogP contribution in [0.4, 0.5) is 5.69 Å². The number of halogens is 1. The van der Waals surface area contributed by atoms with Gasteiger partial charge in [-0.25, -0.2) is 4.79 Å². The van der Waals surface area contributed by atoms with Gasteiger partial charge in [0.25, 0.3) is 0 Å². The van der Waals surface area contributed by atoms with Gasteiger partial charge < -0.3 is 15.0 Å². The van der Waals surface area contributed by atoms with E-state index in [0.29, 0.717) is 17.3 Å². The van der Waals surface area contributed by atoms with Gasteiger partial charge in [0.15, 0.2) is 5.75 Å². The molecule has 6 heteroatoms. The molecular weight excluding hydrogens is 328 g/mol. The van der Waals surface area contributed by atoms with Crippen LogP contribution in [0.5, 0.6) is 5.75 Å². The Kier molecular flexibility index (Phi) is 4.71. The van der Waals surface area contributed by atoms with Gasteiger partial charge in [-0.2, -0.15) is 0 Å². The average Bonchev–Trinajstić information content (AvgIpc) is 2.53. The Labute approximate surface area is 145 Å². The Morgan fingerprint density at radius 1 is 1.25 bits per heavy atom. The van der Waals surface area contributed by atoms with E-state index in [0.717, 1.165) is 16.8 Å². The van der Waals surface area contributed by atoms with Crippen LogP contribution in [0.2, 0.25) is 5.02 Å². The first-order valence-corrected chi connectivity index (χ1v) is 7.96. The van der Waals surface area contributed by atoms with Gasteiger partial charge in [0.05, 0.1) is 12.2 Å². The third-order valence-corrected chi connectivity index (χ3v) is 3.99. The summed E-state index contributed by atoms with van der Waals surface area (Å²) in [6.45, 7) is 2.49. The lowest BCUT2D eigenvalue weighted by Crippen LogP contribution is -2.43. The summed E-state index contributed by atoms with van der Waals surface area (Å²) in [7, 11) is 0. The van der Waals surface area contributed by atoms with Gasteiger partial charge in [-0.3, -0.25) is 4.79 Å². The Balaban J connectivity index is 1.64. The molecule has 0 spiro atoms. The number of hydrogen-bond acceptors (Lipinski definition) is 4. The smallest absolute Gasteiger partial charge is 0.331 e. The molecule has 0 radical (unpaired) electrons. The van der Waals surface area contributed by atoms with Crippen LogP contribution in [-0.4, -0.2) is 25.0 Å². The summed E-state index contributed by atoms with van der Waals surface area (Å²) in [6.07, 6.45) is 0. The molecule has 0 saturated heterocycles. The average molecular weight is 345 g/mol. The standard InChI is InChI=1S/C18H17ClN2O3/c1-12-2-7-15-16(8-12)24-18(23)11-21(15)10-17(22)20-9-13-3-5-14(19)6-4-13/h2-8H,9-11H2,1H3,(H,20,22). The first-order chi connectivity index (χ1) is 11.5. The highest BCUT2D eigenvalue weighted by atomic mass is 35.5. The topological polar surface area (TPSA) is 58.6 Å². The molecule has 0 bridgehead atoms. The fourth-order valence-electron chi connectivity index (χ4n) is 2.53. The highest BCUT2D eigenvalue weighted by molar-refractivity contribution is 6.30. The van der Waals surface area contributed by atoms with Crippen molar-refractivity contribution in [3.05, 3.63) is 58.6 Å². The van der Waals surface area contributed by atoms with E-state index in [1.165, 1.54) is 0 Å². The minimum Gasteiger partial charge on any atom is -0.423 e. The molecule has 0 saturated carbocycles. The fourth-order valence-corrected chi connectivity index (χ4v) is 2.66. The predicted octanol–water partition coefficient (Wildman–Crippen LogP) is 2.69. The number of rotatable bonds is 4. The van der Waals surface area contributed by atoms with Crippen molar-refractivity contribution < 1.29 is 14.3 Å². The van der Waals surface area contributed by atoms with E-state index in [4.69, 9.17) is 16.3 Å². The van der Waals surface area contributed by atoms with Crippen molar-refractivity contribution in [2.75, 3.05) is 18.0 Å². The number of hydrogen-bond donors (Lipinski definition) is 1. The highest BCUT2D eigenvalue weighted by Gasteiger charge is 2.25. The molecule has 1 aliphatic heterocycles. The number of esters is 1. The normalized spacial score (nSPS) is 13.2. The summed E-state index contributed by atoms with van der Waals surface area (Å²) in [5.41, 5.74) is 2.71. The van der Waals surface area contributed by atoms with Crippen molar-refractivity contribution in [3.8, 4) is 5.75 Å². The molecule has 1 N–H and O–H groups in total. The maximum absolute atomic E-state index is 12.2. The lowest BCUT2D eigenvalue weighted by Gasteiger charge is -2.29. The summed E-state index contributed by atoms with van der Waals surface area (Å²) < 4.78 is 5.24. The fraction of sp³-hybridized carbons (Fsp3) is 0.222. The second-order valence-corrected chi connectivity index (χ2v) is 6.14. The molecule has 1 amide bonds. The molecule has 3 rings (SSSR count). The molecule has 0 aliphatic carbocycles. The SMILES string of the molecule is Cc1ccc2c(c1)OC(=O)CN2CC(=O)NCc1ccc(Cl)cc1. The first kappa shape index (κ1) is 16.3. The number of aryl methyl sites for hydroxylation is 1. The molecule has 0 aromatic heterocycles. The maximum Gasteiger partial charge on any atom is 0.331 e. The van der Waals surface area contributed by atoms with Gasteiger partial charge >= 0.3 is 5.97 Å². The lowest BCUT2D eigenvalue weighted by atomic mass is 10.1. The van der Waals surface area contributed by atoms with Crippen molar-refractivity contribution in [1.29, 1.82) is 0 Å². The molecule has 1 heterocycles. The Hall–Kier alpha value is -2.53. The van der Waals surface area contributed by atoms with E-state index in [1.54, 1.807) is 23.1 Å². The number of nitrogens with one attached hydrogen (secondary N) is 1. The largest absolute Gasteiger partial charge is 0.423 e. The highest BCUT2D eigenvalue weighted by Crippen LogP contribution is 2.32. The second-order valence-electron chi connectivity index (χ2n) is 5.70. The minimum absolute atomic E-state index is 0.0599. The Morgan fingerprint density at radius 3 is 2.75 bits per heavy atom. The Bertz CT molecular complexity index is 774. The van der Waals surface area contributed by atoms with Crippen molar-refractivity contribution in [2.45, 2.75) is 13.5 Å². The first-order valence-electron chi connectivity index (χ1n) is 7.59. The maximum atomic E-state index is 12.2. The number of nitrogens with zero attached hydrogens (tertiary/aromatic N) is 1. The molecule has 24 heavy (non-hydrogen) atoms. The van der Waals surface area contributed by atoms with Crippen LogP contribution < -0.4 is 15.0 Å². The summed E-state index contributed by atoms with van der Waals surface area (Å²) >= 11 is 5.84. The van der Waals surface area contributed by atoms with Crippen LogP contribution >= 0.6 is 11.6 Å². The number of carbonyl (C=O) groups excluding carboxylic acids is 2. The quantitative estimate of drug-likeness (QED) is 0.684. The molecule has 124 valence electrons. The zero-order chi connectivity index (χ0) is 17.1. The summed E-state index contributed by atoms with van der Waals surface area (Å²) in [4.78, 5) is 25.7. The van der Waals surface area contributed by atoms with Crippen LogP contribution in [0.15, 0.2) is 42.5 Å². The summed E-state index contributed by atoms with van der Waals surface area (Å²) in [5, 5.41) is 3.50. The number of fused-ring (bicyclic) bond motifs is 1. The van der Waals surface area contributed by atoms with Gasteiger partial charge in [-0.1, -0.05) is 29.8 Å². The van der Waals surface area contributed by atoms with E-state index in [-0.39, 0.29) is 25.0 Å². The number of amides is 1. The number of benzene rings is 2. The van der Waals surface area contributed by atoms with E-state index >= 15 is 0 Å². The third kappa shape index (κ3) is 3.86. The van der Waals surface area contributed by atoms with E-state index in [2.05, 4.69) is 5.32 Å². The zero-order valence-electron chi connectivity index (χ0n) is 13.2. The van der Waals surface area contributed by atoms with Crippen LogP contribution in [0.1, 0.15) is 11.1 Å². The predicted molar refractivity (Wildman–Crippen MR) is 92.3 cm³/mol. The zero-order valence-corrected chi connectivity index (χ0v) is 14.0. The van der Waals surface area contributed by atoms with E-state index in [1.807, 2.05) is 31.2 Å². The number of anilines is 1. The molecule has 0 atom stereocenters. The van der Waals surface area contributed by atoms with Gasteiger partial charge in [-0.15, -0.1) is 0 Å². The molecule has 0 fully saturated rings. The Morgan fingerprint density at radius 2 is 2.00 bits per heavy atom. The van der Waals surface area contributed by atoms with Gasteiger partial charge in [-0.05, 0) is 42.3 Å².